The third kappa shape index (κ3) is 3.07. The molecule has 2 rings (SSSR count). The van der Waals surface area contributed by atoms with E-state index in [-0.39, 0.29) is 0 Å². The minimum Gasteiger partial charge on any atom is -0.439 e. The molecule has 0 aliphatic carbocycles. The van der Waals surface area contributed by atoms with E-state index in [1.54, 1.807) is 0 Å². The van der Waals surface area contributed by atoms with E-state index in [2.05, 4.69) is 32.8 Å². The van der Waals surface area contributed by atoms with E-state index >= 15 is 0 Å². The maximum absolute atomic E-state index is 5.77. The smallest absolute Gasteiger partial charge is 0.222 e. The van der Waals surface area contributed by atoms with Crippen LogP contribution in [0.25, 0.3) is 0 Å². The Balaban J connectivity index is 2.27. The minimum atomic E-state index is 0.598. The molecule has 1 aromatic heterocycles. The van der Waals surface area contributed by atoms with Crippen molar-refractivity contribution in [2.45, 2.75) is 27.2 Å². The molecule has 0 aliphatic rings. The van der Waals surface area contributed by atoms with E-state index in [0.717, 1.165) is 33.7 Å². The Bertz CT molecular complexity index is 570. The minimum absolute atomic E-state index is 0.598. The van der Waals surface area contributed by atoms with Gasteiger partial charge in [-0.3, -0.25) is 0 Å². The zero-order valence-electron chi connectivity index (χ0n) is 10.7. The first-order valence-electron chi connectivity index (χ1n) is 5.87. The molecule has 0 radical (unpaired) electrons. The Hall–Kier alpha value is -1.42. The number of hydrogen-bond acceptors (Lipinski definition) is 3. The normalized spacial score (nSPS) is 10.4. The Morgan fingerprint density at radius 2 is 1.94 bits per heavy atom. The number of hydrogen-bond donors (Lipinski definition) is 0. The van der Waals surface area contributed by atoms with Crippen LogP contribution < -0.4 is 4.74 Å². The zero-order chi connectivity index (χ0) is 13.1. The summed E-state index contributed by atoms with van der Waals surface area (Å²) in [5.41, 5.74) is 2.13. The first-order chi connectivity index (χ1) is 8.58. The number of rotatable bonds is 3. The van der Waals surface area contributed by atoms with Gasteiger partial charge in [-0.15, -0.1) is 0 Å². The molecule has 0 fully saturated rings. The second-order valence-electron chi connectivity index (χ2n) is 4.11. The molecule has 18 heavy (non-hydrogen) atoms. The fraction of sp³-hybridized carbons (Fsp3) is 0.286. The van der Waals surface area contributed by atoms with Crippen LogP contribution in [0.4, 0.5) is 0 Å². The third-order valence-electron chi connectivity index (χ3n) is 2.58. The standard InChI is InChI=1S/C14H15BrN2O/c1-4-11-8-14(17-10(3)16-11)18-12-5-6-13(15)9(2)7-12/h5-8H,4H2,1-3H3. The zero-order valence-corrected chi connectivity index (χ0v) is 12.3. The van der Waals surface area contributed by atoms with Gasteiger partial charge in [0, 0.05) is 16.2 Å². The average molecular weight is 307 g/mol. The Kier molecular flexibility index (Phi) is 3.97. The van der Waals surface area contributed by atoms with Crippen LogP contribution in [0.2, 0.25) is 0 Å². The molecule has 0 aliphatic heterocycles. The first-order valence-corrected chi connectivity index (χ1v) is 6.66. The van der Waals surface area contributed by atoms with E-state index in [4.69, 9.17) is 4.74 Å². The molecule has 0 atom stereocenters. The van der Waals surface area contributed by atoms with Gasteiger partial charge in [-0.05, 0) is 44.0 Å². The lowest BCUT2D eigenvalue weighted by Gasteiger charge is -2.08. The SMILES string of the molecule is CCc1cc(Oc2ccc(Br)c(C)c2)nc(C)n1. The van der Waals surface area contributed by atoms with Crippen LogP contribution in [0, 0.1) is 13.8 Å². The van der Waals surface area contributed by atoms with Crippen LogP contribution in [0.15, 0.2) is 28.7 Å². The van der Waals surface area contributed by atoms with Gasteiger partial charge in [0.25, 0.3) is 0 Å². The Morgan fingerprint density at radius 3 is 2.61 bits per heavy atom. The van der Waals surface area contributed by atoms with E-state index < -0.39 is 0 Å². The fourth-order valence-corrected chi connectivity index (χ4v) is 1.88. The highest BCUT2D eigenvalue weighted by atomic mass is 79.9. The summed E-state index contributed by atoms with van der Waals surface area (Å²) in [5, 5.41) is 0. The topological polar surface area (TPSA) is 35.0 Å². The molecule has 2 aromatic rings. The van der Waals surface area contributed by atoms with Gasteiger partial charge in [0.05, 0.1) is 0 Å². The molecule has 1 aromatic carbocycles. The van der Waals surface area contributed by atoms with Gasteiger partial charge < -0.3 is 4.74 Å². The molecule has 4 heteroatoms. The van der Waals surface area contributed by atoms with E-state index in [1.165, 1.54) is 0 Å². The van der Waals surface area contributed by atoms with Gasteiger partial charge in [-0.2, -0.15) is 4.98 Å². The van der Waals surface area contributed by atoms with Crippen LogP contribution >= 0.6 is 15.9 Å². The summed E-state index contributed by atoms with van der Waals surface area (Å²) < 4.78 is 6.84. The van der Waals surface area contributed by atoms with Crippen molar-refractivity contribution in [3.8, 4) is 11.6 Å². The molecule has 0 N–H and O–H groups in total. The molecule has 1 heterocycles. The third-order valence-corrected chi connectivity index (χ3v) is 3.47. The predicted molar refractivity (Wildman–Crippen MR) is 75.1 cm³/mol. The van der Waals surface area contributed by atoms with Gasteiger partial charge in [-0.25, -0.2) is 4.98 Å². The number of halogens is 1. The van der Waals surface area contributed by atoms with Crippen molar-refractivity contribution < 1.29 is 4.74 Å². The van der Waals surface area contributed by atoms with Crippen LogP contribution in [0.3, 0.4) is 0 Å². The van der Waals surface area contributed by atoms with E-state index in [9.17, 15) is 0 Å². The lowest BCUT2D eigenvalue weighted by molar-refractivity contribution is 0.458. The molecular formula is C14H15BrN2O. The van der Waals surface area contributed by atoms with Crippen LogP contribution in [-0.2, 0) is 6.42 Å². The molecule has 0 saturated heterocycles. The predicted octanol–water partition coefficient (Wildman–Crippen LogP) is 4.21. The van der Waals surface area contributed by atoms with Gasteiger partial charge in [0.15, 0.2) is 0 Å². The summed E-state index contributed by atoms with van der Waals surface area (Å²) in [6.45, 7) is 5.97. The largest absolute Gasteiger partial charge is 0.439 e. The molecule has 3 nitrogen and oxygen atoms in total. The Morgan fingerprint density at radius 1 is 1.17 bits per heavy atom. The monoisotopic (exact) mass is 306 g/mol. The summed E-state index contributed by atoms with van der Waals surface area (Å²) in [7, 11) is 0. The first kappa shape index (κ1) is 13.0. The van der Waals surface area contributed by atoms with Gasteiger partial charge in [-0.1, -0.05) is 22.9 Å². The van der Waals surface area contributed by atoms with Crippen molar-refractivity contribution in [1.82, 2.24) is 9.97 Å². The second kappa shape index (κ2) is 5.48. The van der Waals surface area contributed by atoms with Gasteiger partial charge >= 0.3 is 0 Å². The molecule has 0 bridgehead atoms. The van der Waals surface area contributed by atoms with Crippen molar-refractivity contribution >= 4 is 15.9 Å². The van der Waals surface area contributed by atoms with E-state index in [0.29, 0.717) is 5.88 Å². The van der Waals surface area contributed by atoms with Crippen molar-refractivity contribution in [1.29, 1.82) is 0 Å². The maximum Gasteiger partial charge on any atom is 0.222 e. The second-order valence-corrected chi connectivity index (χ2v) is 4.97. The molecular weight excluding hydrogens is 292 g/mol. The highest BCUT2D eigenvalue weighted by Crippen LogP contribution is 2.25. The fourth-order valence-electron chi connectivity index (χ4n) is 1.63. The maximum atomic E-state index is 5.77. The number of nitrogens with zero attached hydrogens (tertiary/aromatic N) is 2. The number of aryl methyl sites for hydroxylation is 3. The molecule has 0 amide bonds. The summed E-state index contributed by atoms with van der Waals surface area (Å²) >= 11 is 3.47. The number of ether oxygens (including phenoxy) is 1. The number of benzene rings is 1. The summed E-state index contributed by atoms with van der Waals surface area (Å²) in [5.74, 6) is 2.12. The van der Waals surface area contributed by atoms with Crippen molar-refractivity contribution in [2.24, 2.45) is 0 Å². The lowest BCUT2D eigenvalue weighted by atomic mass is 10.2. The van der Waals surface area contributed by atoms with Crippen molar-refractivity contribution in [2.75, 3.05) is 0 Å². The van der Waals surface area contributed by atoms with Gasteiger partial charge in [0.2, 0.25) is 5.88 Å². The Labute approximate surface area is 115 Å². The van der Waals surface area contributed by atoms with Crippen LogP contribution in [-0.4, -0.2) is 9.97 Å². The van der Waals surface area contributed by atoms with Crippen LogP contribution in [0.5, 0.6) is 11.6 Å². The summed E-state index contributed by atoms with van der Waals surface area (Å²) in [6, 6.07) is 7.75. The quantitative estimate of drug-likeness (QED) is 0.852. The van der Waals surface area contributed by atoms with Crippen molar-refractivity contribution in [3.63, 3.8) is 0 Å². The van der Waals surface area contributed by atoms with Crippen molar-refractivity contribution in [3.05, 3.63) is 45.8 Å². The van der Waals surface area contributed by atoms with Crippen LogP contribution in [0.1, 0.15) is 24.0 Å². The highest BCUT2D eigenvalue weighted by molar-refractivity contribution is 9.10. The molecule has 0 spiro atoms. The average Bonchev–Trinajstić information content (AvgIpc) is 2.33. The lowest BCUT2D eigenvalue weighted by Crippen LogP contribution is -1.97. The van der Waals surface area contributed by atoms with E-state index in [1.807, 2.05) is 38.1 Å². The summed E-state index contributed by atoms with van der Waals surface area (Å²) in [4.78, 5) is 8.61. The number of aromatic nitrogens is 2. The molecule has 94 valence electrons. The summed E-state index contributed by atoms with van der Waals surface area (Å²) in [6.07, 6.45) is 0.874. The highest BCUT2D eigenvalue weighted by Gasteiger charge is 2.04. The molecule has 0 saturated carbocycles. The molecule has 0 unspecified atom stereocenters. The van der Waals surface area contributed by atoms with Gasteiger partial charge in [0.1, 0.15) is 11.6 Å².